The van der Waals surface area contributed by atoms with Crippen molar-refractivity contribution in [3.8, 4) is 0 Å². The summed E-state index contributed by atoms with van der Waals surface area (Å²) in [5, 5.41) is 0. The van der Waals surface area contributed by atoms with E-state index in [1.165, 1.54) is 26.6 Å². The summed E-state index contributed by atoms with van der Waals surface area (Å²) in [4.78, 5) is 15.0. The van der Waals surface area contributed by atoms with E-state index in [0.717, 1.165) is 0 Å². The van der Waals surface area contributed by atoms with Gasteiger partial charge in [0.05, 0.1) is 13.3 Å². The summed E-state index contributed by atoms with van der Waals surface area (Å²) in [6, 6.07) is 0. The number of hydrogen-bond donors (Lipinski definition) is 0. The molecule has 4 nitrogen and oxygen atoms in total. The summed E-state index contributed by atoms with van der Waals surface area (Å²) >= 11 is 0. The maximum atomic E-state index is 11.2. The number of methoxy groups -OCH3 is 2. The maximum Gasteiger partial charge on any atom is 0.233 e. The van der Waals surface area contributed by atoms with Crippen molar-refractivity contribution >= 4 is 12.0 Å². The van der Waals surface area contributed by atoms with Crippen molar-refractivity contribution in [2.75, 3.05) is 14.2 Å². The molecule has 1 atom stereocenters. The largest absolute Gasteiger partial charge is 0.491 e. The molecule has 0 N–H and O–H groups in total. The summed E-state index contributed by atoms with van der Waals surface area (Å²) < 4.78 is 9.57. The SMILES string of the molecule is COC1=CN=CC(OC)C1=O. The average Bonchev–Trinajstić information content (AvgIpc) is 2.05. The molecule has 0 aromatic heterocycles. The van der Waals surface area contributed by atoms with E-state index in [-0.39, 0.29) is 11.5 Å². The van der Waals surface area contributed by atoms with E-state index in [1.54, 1.807) is 0 Å². The van der Waals surface area contributed by atoms with Gasteiger partial charge in [-0.25, -0.2) is 0 Å². The minimum atomic E-state index is -0.588. The lowest BCUT2D eigenvalue weighted by Gasteiger charge is -2.13. The normalized spacial score (nSPS) is 23.3. The van der Waals surface area contributed by atoms with Crippen molar-refractivity contribution in [1.29, 1.82) is 0 Å². The number of rotatable bonds is 2. The van der Waals surface area contributed by atoms with Crippen LogP contribution >= 0.6 is 0 Å². The molecule has 0 aliphatic carbocycles. The van der Waals surface area contributed by atoms with Gasteiger partial charge in [0, 0.05) is 13.3 Å². The van der Waals surface area contributed by atoms with Crippen LogP contribution in [0.1, 0.15) is 0 Å². The number of nitrogens with zero attached hydrogens (tertiary/aromatic N) is 1. The minimum Gasteiger partial charge on any atom is -0.491 e. The van der Waals surface area contributed by atoms with Gasteiger partial charge in [-0.1, -0.05) is 0 Å². The second-order valence-corrected chi connectivity index (χ2v) is 2.02. The first-order chi connectivity index (χ1) is 5.29. The molecule has 1 aliphatic rings. The van der Waals surface area contributed by atoms with Crippen LogP contribution in [0.4, 0.5) is 0 Å². The number of carbonyl (C=O) groups excluding carboxylic acids is 1. The molecule has 0 radical (unpaired) electrons. The second-order valence-electron chi connectivity index (χ2n) is 2.02. The van der Waals surface area contributed by atoms with Crippen LogP contribution in [-0.4, -0.2) is 32.3 Å². The Morgan fingerprint density at radius 3 is 2.82 bits per heavy atom. The summed E-state index contributed by atoms with van der Waals surface area (Å²) in [6.45, 7) is 0. The van der Waals surface area contributed by atoms with Crippen molar-refractivity contribution in [3.63, 3.8) is 0 Å². The zero-order chi connectivity index (χ0) is 8.27. The van der Waals surface area contributed by atoms with E-state index in [9.17, 15) is 4.79 Å². The van der Waals surface area contributed by atoms with Crippen LogP contribution in [0, 0.1) is 0 Å². The molecule has 0 saturated heterocycles. The fourth-order valence-corrected chi connectivity index (χ4v) is 0.782. The van der Waals surface area contributed by atoms with Gasteiger partial charge in [0.2, 0.25) is 5.78 Å². The summed E-state index contributed by atoms with van der Waals surface area (Å²) in [7, 11) is 2.88. The number of carbonyl (C=O) groups is 1. The van der Waals surface area contributed by atoms with E-state index in [0.29, 0.717) is 0 Å². The third-order valence-corrected chi connectivity index (χ3v) is 1.39. The molecule has 0 saturated carbocycles. The third-order valence-electron chi connectivity index (χ3n) is 1.39. The molecular formula is C7H9NO3. The van der Waals surface area contributed by atoms with Crippen molar-refractivity contribution in [1.82, 2.24) is 0 Å². The Bertz CT molecular complexity index is 220. The van der Waals surface area contributed by atoms with Crippen LogP contribution in [0.15, 0.2) is 17.0 Å². The van der Waals surface area contributed by atoms with Crippen LogP contribution in [0.2, 0.25) is 0 Å². The topological polar surface area (TPSA) is 47.9 Å². The predicted molar refractivity (Wildman–Crippen MR) is 39.4 cm³/mol. The summed E-state index contributed by atoms with van der Waals surface area (Å²) in [6.07, 6.45) is 2.22. The number of ether oxygens (including phenoxy) is 2. The van der Waals surface area contributed by atoms with Crippen molar-refractivity contribution in [2.45, 2.75) is 6.10 Å². The highest BCUT2D eigenvalue weighted by atomic mass is 16.5. The molecule has 0 fully saturated rings. The summed E-state index contributed by atoms with van der Waals surface area (Å²) in [5.74, 6) is 0.0457. The van der Waals surface area contributed by atoms with Gasteiger partial charge >= 0.3 is 0 Å². The Labute approximate surface area is 64.5 Å². The lowest BCUT2D eigenvalue weighted by Crippen LogP contribution is -2.28. The molecule has 11 heavy (non-hydrogen) atoms. The van der Waals surface area contributed by atoms with Crippen LogP contribution in [0.5, 0.6) is 0 Å². The van der Waals surface area contributed by atoms with Crippen LogP contribution < -0.4 is 0 Å². The number of ketones is 1. The molecule has 0 aromatic carbocycles. The molecule has 0 spiro atoms. The molecule has 0 bridgehead atoms. The Kier molecular flexibility index (Phi) is 2.38. The highest BCUT2D eigenvalue weighted by molar-refractivity contribution is 6.08. The van der Waals surface area contributed by atoms with Gasteiger partial charge in [-0.15, -0.1) is 0 Å². The highest BCUT2D eigenvalue weighted by Gasteiger charge is 2.23. The van der Waals surface area contributed by atoms with Gasteiger partial charge in [0.25, 0.3) is 0 Å². The number of Topliss-reactive ketones (excluding diaryl/α,β-unsaturated/α-hetero) is 1. The molecule has 1 heterocycles. The zero-order valence-electron chi connectivity index (χ0n) is 6.40. The Morgan fingerprint density at radius 1 is 1.55 bits per heavy atom. The molecule has 1 unspecified atom stereocenters. The predicted octanol–water partition coefficient (Wildman–Crippen LogP) is 0.143. The second kappa shape index (κ2) is 3.30. The van der Waals surface area contributed by atoms with Gasteiger partial charge in [-0.3, -0.25) is 9.79 Å². The fraction of sp³-hybridized carbons (Fsp3) is 0.429. The minimum absolute atomic E-state index is 0.190. The zero-order valence-corrected chi connectivity index (χ0v) is 6.40. The first kappa shape index (κ1) is 7.94. The van der Waals surface area contributed by atoms with E-state index in [4.69, 9.17) is 9.47 Å². The van der Waals surface area contributed by atoms with E-state index >= 15 is 0 Å². The number of aliphatic imine (C=N–C) groups is 1. The van der Waals surface area contributed by atoms with Gasteiger partial charge in [-0.2, -0.15) is 0 Å². The van der Waals surface area contributed by atoms with E-state index in [2.05, 4.69) is 4.99 Å². The first-order valence-corrected chi connectivity index (χ1v) is 3.14. The molecule has 0 amide bonds. The van der Waals surface area contributed by atoms with Gasteiger partial charge in [0.15, 0.2) is 11.9 Å². The monoisotopic (exact) mass is 155 g/mol. The van der Waals surface area contributed by atoms with Crippen molar-refractivity contribution in [3.05, 3.63) is 12.0 Å². The molecular weight excluding hydrogens is 146 g/mol. The van der Waals surface area contributed by atoms with E-state index in [1.807, 2.05) is 0 Å². The lowest BCUT2D eigenvalue weighted by atomic mass is 10.2. The fourth-order valence-electron chi connectivity index (χ4n) is 0.782. The van der Waals surface area contributed by atoms with Gasteiger partial charge < -0.3 is 9.47 Å². The maximum absolute atomic E-state index is 11.2. The molecule has 1 rings (SSSR count). The quantitative estimate of drug-likeness (QED) is 0.570. The molecule has 0 aromatic rings. The smallest absolute Gasteiger partial charge is 0.233 e. The van der Waals surface area contributed by atoms with Crippen molar-refractivity contribution in [2.24, 2.45) is 4.99 Å². The van der Waals surface area contributed by atoms with Crippen LogP contribution in [0.25, 0.3) is 0 Å². The third kappa shape index (κ3) is 1.46. The first-order valence-electron chi connectivity index (χ1n) is 3.14. The molecule has 1 aliphatic heterocycles. The highest BCUT2D eigenvalue weighted by Crippen LogP contribution is 2.07. The Hall–Kier alpha value is -1.16. The standard InChI is InChI=1S/C7H9NO3/c1-10-5-3-8-4-6(11-2)7(5)9/h3-5H,1-2H3. The van der Waals surface area contributed by atoms with Gasteiger partial charge in [0.1, 0.15) is 0 Å². The average molecular weight is 155 g/mol. The lowest BCUT2D eigenvalue weighted by molar-refractivity contribution is -0.124. The van der Waals surface area contributed by atoms with Crippen molar-refractivity contribution < 1.29 is 14.3 Å². The Morgan fingerprint density at radius 2 is 2.27 bits per heavy atom. The van der Waals surface area contributed by atoms with Gasteiger partial charge in [-0.05, 0) is 0 Å². The van der Waals surface area contributed by atoms with Crippen LogP contribution in [0.3, 0.4) is 0 Å². The molecule has 4 heteroatoms. The summed E-state index contributed by atoms with van der Waals surface area (Å²) in [5.41, 5.74) is 0. The molecule has 60 valence electrons. The van der Waals surface area contributed by atoms with Crippen LogP contribution in [-0.2, 0) is 14.3 Å². The Balaban J connectivity index is 2.77. The number of hydrogen-bond acceptors (Lipinski definition) is 4. The van der Waals surface area contributed by atoms with E-state index < -0.39 is 6.10 Å².